The van der Waals surface area contributed by atoms with Gasteiger partial charge in [-0.1, -0.05) is 13.8 Å². The first-order valence-electron chi connectivity index (χ1n) is 7.55. The molecule has 0 saturated carbocycles. The summed E-state index contributed by atoms with van der Waals surface area (Å²) < 4.78 is 5.17. The van der Waals surface area contributed by atoms with Crippen LogP contribution in [0.3, 0.4) is 0 Å². The average Bonchev–Trinajstić information content (AvgIpc) is 2.88. The molecule has 1 aliphatic carbocycles. The molecule has 0 radical (unpaired) electrons. The van der Waals surface area contributed by atoms with E-state index in [2.05, 4.69) is 29.1 Å². The highest BCUT2D eigenvalue weighted by Gasteiger charge is 2.26. The number of nitrogens with one attached hydrogen (secondary N) is 1. The molecule has 3 rings (SSSR count). The van der Waals surface area contributed by atoms with Crippen molar-refractivity contribution in [3.8, 4) is 6.07 Å². The van der Waals surface area contributed by atoms with Gasteiger partial charge in [-0.3, -0.25) is 10.1 Å². The van der Waals surface area contributed by atoms with Crippen molar-refractivity contribution in [3.05, 3.63) is 40.6 Å². The van der Waals surface area contributed by atoms with Gasteiger partial charge in [0.05, 0.1) is 5.56 Å². The van der Waals surface area contributed by atoms with E-state index >= 15 is 0 Å². The summed E-state index contributed by atoms with van der Waals surface area (Å²) in [5, 5.41) is 11.5. The van der Waals surface area contributed by atoms with Crippen molar-refractivity contribution >= 4 is 11.9 Å². The molecule has 6 heteroatoms. The predicted molar refractivity (Wildman–Crippen MR) is 84.0 cm³/mol. The van der Waals surface area contributed by atoms with E-state index in [0.29, 0.717) is 11.3 Å². The number of fused-ring (bicyclic) bond motifs is 1. The third-order valence-electron chi connectivity index (χ3n) is 4.16. The Labute approximate surface area is 134 Å². The van der Waals surface area contributed by atoms with Crippen LogP contribution in [-0.4, -0.2) is 15.9 Å². The van der Waals surface area contributed by atoms with Gasteiger partial charge in [0.2, 0.25) is 11.7 Å². The Morgan fingerprint density at radius 2 is 2.26 bits per heavy atom. The molecule has 0 atom stereocenters. The Balaban J connectivity index is 1.80. The maximum Gasteiger partial charge on any atom is 0.261 e. The molecule has 1 N–H and O–H groups in total. The second-order valence-corrected chi connectivity index (χ2v) is 6.65. The Morgan fingerprint density at radius 3 is 2.96 bits per heavy atom. The first kappa shape index (κ1) is 15.2. The average molecular weight is 310 g/mol. The number of nitrogens with zero attached hydrogens (tertiary/aromatic N) is 3. The molecular formula is C17H18N4O2. The van der Waals surface area contributed by atoms with E-state index in [-0.39, 0.29) is 23.0 Å². The van der Waals surface area contributed by atoms with Crippen molar-refractivity contribution < 1.29 is 9.21 Å². The number of nitriles is 1. The van der Waals surface area contributed by atoms with Crippen molar-refractivity contribution in [1.82, 2.24) is 9.97 Å². The molecule has 0 fully saturated rings. The summed E-state index contributed by atoms with van der Waals surface area (Å²) in [4.78, 5) is 21.0. The van der Waals surface area contributed by atoms with E-state index in [4.69, 9.17) is 9.68 Å². The van der Waals surface area contributed by atoms with Crippen LogP contribution in [0.4, 0.5) is 5.95 Å². The van der Waals surface area contributed by atoms with Crippen molar-refractivity contribution in [2.45, 2.75) is 40.0 Å². The summed E-state index contributed by atoms with van der Waals surface area (Å²) in [6.45, 7) is 6.12. The molecule has 6 nitrogen and oxygen atoms in total. The fourth-order valence-corrected chi connectivity index (χ4v) is 2.86. The minimum absolute atomic E-state index is 0.112. The number of amides is 1. The largest absolute Gasteiger partial charge is 0.450 e. The van der Waals surface area contributed by atoms with Gasteiger partial charge in [-0.15, -0.1) is 0 Å². The van der Waals surface area contributed by atoms with Crippen LogP contribution in [0.2, 0.25) is 0 Å². The standard InChI is InChI=1S/C17H18N4O2/c1-10-13(6-12(8-18)23-10)15(22)21-16-19-9-11-7-17(2,3)5-4-14(11)20-16/h6,9H,4-5,7H2,1-3H3,(H,19,20,21,22). The van der Waals surface area contributed by atoms with Crippen LogP contribution in [0.1, 0.15) is 53.4 Å². The quantitative estimate of drug-likeness (QED) is 0.920. The topological polar surface area (TPSA) is 91.8 Å². The first-order chi connectivity index (χ1) is 10.9. The Hall–Kier alpha value is -2.68. The predicted octanol–water partition coefficient (Wildman–Crippen LogP) is 3.02. The van der Waals surface area contributed by atoms with E-state index in [0.717, 1.165) is 30.5 Å². The molecule has 2 aromatic rings. The number of anilines is 1. The summed E-state index contributed by atoms with van der Waals surface area (Å²) in [6, 6.07) is 3.30. The second-order valence-electron chi connectivity index (χ2n) is 6.65. The fourth-order valence-electron chi connectivity index (χ4n) is 2.86. The molecule has 23 heavy (non-hydrogen) atoms. The van der Waals surface area contributed by atoms with E-state index < -0.39 is 0 Å². The van der Waals surface area contributed by atoms with E-state index in [1.54, 1.807) is 13.1 Å². The zero-order valence-corrected chi connectivity index (χ0v) is 13.4. The van der Waals surface area contributed by atoms with Gasteiger partial charge in [0.1, 0.15) is 11.8 Å². The molecule has 0 aromatic carbocycles. The molecule has 2 heterocycles. The van der Waals surface area contributed by atoms with Gasteiger partial charge < -0.3 is 4.42 Å². The molecule has 0 spiro atoms. The second kappa shape index (κ2) is 5.51. The SMILES string of the molecule is Cc1oc(C#N)cc1C(=O)Nc1ncc2c(n1)CCC(C)(C)C2. The summed E-state index contributed by atoms with van der Waals surface area (Å²) in [6.07, 6.45) is 4.69. The Bertz CT molecular complexity index is 814. The highest BCUT2D eigenvalue weighted by Crippen LogP contribution is 2.33. The first-order valence-corrected chi connectivity index (χ1v) is 7.55. The van der Waals surface area contributed by atoms with E-state index in [1.165, 1.54) is 6.07 Å². The fraction of sp³-hybridized carbons (Fsp3) is 0.412. The molecule has 1 aliphatic rings. The third-order valence-corrected chi connectivity index (χ3v) is 4.16. The summed E-state index contributed by atoms with van der Waals surface area (Å²) in [5.41, 5.74) is 2.73. The highest BCUT2D eigenvalue weighted by atomic mass is 16.3. The van der Waals surface area contributed by atoms with Gasteiger partial charge in [0.15, 0.2) is 0 Å². The maximum atomic E-state index is 12.3. The lowest BCUT2D eigenvalue weighted by molar-refractivity contribution is 0.102. The van der Waals surface area contributed by atoms with Crippen LogP contribution in [0.15, 0.2) is 16.7 Å². The number of hydrogen-bond donors (Lipinski definition) is 1. The summed E-state index contributed by atoms with van der Waals surface area (Å²) >= 11 is 0. The lowest BCUT2D eigenvalue weighted by atomic mass is 9.76. The van der Waals surface area contributed by atoms with Crippen LogP contribution >= 0.6 is 0 Å². The minimum atomic E-state index is -0.371. The number of aryl methyl sites for hydroxylation is 2. The van der Waals surface area contributed by atoms with E-state index in [1.807, 2.05) is 6.07 Å². The molecular weight excluding hydrogens is 292 g/mol. The van der Waals surface area contributed by atoms with Crippen molar-refractivity contribution in [2.24, 2.45) is 5.41 Å². The van der Waals surface area contributed by atoms with Crippen molar-refractivity contribution in [1.29, 1.82) is 5.26 Å². The maximum absolute atomic E-state index is 12.3. The molecule has 1 amide bonds. The highest BCUT2D eigenvalue weighted by molar-refractivity contribution is 6.04. The molecule has 0 bridgehead atoms. The van der Waals surface area contributed by atoms with Crippen molar-refractivity contribution in [2.75, 3.05) is 5.32 Å². The minimum Gasteiger partial charge on any atom is -0.450 e. The van der Waals surface area contributed by atoms with Crippen LogP contribution in [0.5, 0.6) is 0 Å². The lowest BCUT2D eigenvalue weighted by Crippen LogP contribution is -2.24. The van der Waals surface area contributed by atoms with E-state index in [9.17, 15) is 4.79 Å². The van der Waals surface area contributed by atoms with Gasteiger partial charge in [-0.05, 0) is 37.2 Å². The number of hydrogen-bond acceptors (Lipinski definition) is 5. The number of carbonyl (C=O) groups excluding carboxylic acids is 1. The van der Waals surface area contributed by atoms with Crippen LogP contribution in [0, 0.1) is 23.7 Å². The zero-order valence-electron chi connectivity index (χ0n) is 13.4. The molecule has 2 aromatic heterocycles. The summed E-state index contributed by atoms with van der Waals surface area (Å²) in [5.74, 6) is 0.427. The van der Waals surface area contributed by atoms with Gasteiger partial charge in [0, 0.05) is 18.0 Å². The molecule has 0 unspecified atom stereocenters. The lowest BCUT2D eigenvalue weighted by Gasteiger charge is -2.30. The van der Waals surface area contributed by atoms with Crippen LogP contribution in [0.25, 0.3) is 0 Å². The van der Waals surface area contributed by atoms with Gasteiger partial charge in [0.25, 0.3) is 5.91 Å². The third kappa shape index (κ3) is 3.09. The monoisotopic (exact) mass is 310 g/mol. The number of rotatable bonds is 2. The zero-order chi connectivity index (χ0) is 16.6. The van der Waals surface area contributed by atoms with Gasteiger partial charge in [-0.25, -0.2) is 9.97 Å². The number of carbonyl (C=O) groups is 1. The van der Waals surface area contributed by atoms with Crippen molar-refractivity contribution in [3.63, 3.8) is 0 Å². The molecule has 118 valence electrons. The Morgan fingerprint density at radius 1 is 1.48 bits per heavy atom. The summed E-state index contributed by atoms with van der Waals surface area (Å²) in [7, 11) is 0. The molecule has 0 aliphatic heterocycles. The van der Waals surface area contributed by atoms with Crippen LogP contribution < -0.4 is 5.32 Å². The number of aromatic nitrogens is 2. The van der Waals surface area contributed by atoms with Crippen LogP contribution in [-0.2, 0) is 12.8 Å². The Kier molecular flexibility index (Phi) is 3.64. The smallest absolute Gasteiger partial charge is 0.261 e. The normalized spacial score (nSPS) is 15.6. The van der Waals surface area contributed by atoms with Gasteiger partial charge >= 0.3 is 0 Å². The number of furan rings is 1. The van der Waals surface area contributed by atoms with Gasteiger partial charge in [-0.2, -0.15) is 5.26 Å². The molecule has 0 saturated heterocycles.